The maximum Gasteiger partial charge on any atom is 0.256 e. The van der Waals surface area contributed by atoms with E-state index in [1.54, 1.807) is 6.07 Å². The summed E-state index contributed by atoms with van der Waals surface area (Å²) in [5, 5.41) is 2.93. The van der Waals surface area contributed by atoms with Crippen molar-refractivity contribution >= 4 is 46.5 Å². The second-order valence-corrected chi connectivity index (χ2v) is 5.67. The van der Waals surface area contributed by atoms with Crippen molar-refractivity contribution < 1.29 is 4.79 Å². The molecule has 0 aliphatic heterocycles. The first-order valence-electron chi connectivity index (χ1n) is 6.04. The van der Waals surface area contributed by atoms with Gasteiger partial charge in [0.1, 0.15) is 16.1 Å². The Balaban J connectivity index is 2.28. The van der Waals surface area contributed by atoms with Crippen LogP contribution in [0.1, 0.15) is 35.8 Å². The lowest BCUT2D eigenvalue weighted by Crippen LogP contribution is -2.14. The number of hydrogen-bond donors (Lipinski definition) is 1. The minimum Gasteiger partial charge on any atom is -0.306 e. The Bertz CT molecular complexity index is 671. The van der Waals surface area contributed by atoms with Gasteiger partial charge >= 0.3 is 0 Å². The van der Waals surface area contributed by atoms with E-state index >= 15 is 0 Å². The molecule has 0 fully saturated rings. The summed E-state index contributed by atoms with van der Waals surface area (Å²) < 4.78 is 0. The smallest absolute Gasteiger partial charge is 0.256 e. The molecule has 0 aromatic carbocycles. The number of carbonyl (C=O) groups excluding carboxylic acids is 1. The van der Waals surface area contributed by atoms with Gasteiger partial charge in [-0.3, -0.25) is 4.79 Å². The lowest BCUT2D eigenvalue weighted by molar-refractivity contribution is 0.102. The zero-order valence-corrected chi connectivity index (χ0v) is 13.5. The van der Waals surface area contributed by atoms with Crippen LogP contribution in [-0.4, -0.2) is 20.9 Å². The van der Waals surface area contributed by atoms with Gasteiger partial charge in [0.15, 0.2) is 0 Å². The van der Waals surface area contributed by atoms with Crippen molar-refractivity contribution in [3.63, 3.8) is 0 Å². The summed E-state index contributed by atoms with van der Waals surface area (Å²) in [7, 11) is 0. The maximum absolute atomic E-state index is 12.2. The summed E-state index contributed by atoms with van der Waals surface area (Å²) in [5.41, 5.74) is 1.11. The van der Waals surface area contributed by atoms with Crippen molar-refractivity contribution in [1.82, 2.24) is 15.0 Å². The first-order valence-corrected chi connectivity index (χ1v) is 7.17. The summed E-state index contributed by atoms with van der Waals surface area (Å²) in [5.74, 6) is -0.0192. The molecule has 2 aromatic heterocycles. The SMILES string of the molecule is CC(C)c1cc(C(=O)Nc2cc(Cl)nc(Cl)n2)cc(Cl)n1. The van der Waals surface area contributed by atoms with Crippen LogP contribution in [0.25, 0.3) is 0 Å². The molecule has 0 unspecified atom stereocenters. The van der Waals surface area contributed by atoms with Crippen molar-refractivity contribution in [3.05, 3.63) is 45.0 Å². The molecule has 5 nitrogen and oxygen atoms in total. The van der Waals surface area contributed by atoms with Crippen molar-refractivity contribution in [2.75, 3.05) is 5.32 Å². The lowest BCUT2D eigenvalue weighted by atomic mass is 10.1. The van der Waals surface area contributed by atoms with Gasteiger partial charge < -0.3 is 5.32 Å². The van der Waals surface area contributed by atoms with Crippen molar-refractivity contribution in [2.24, 2.45) is 0 Å². The highest BCUT2D eigenvalue weighted by molar-refractivity contribution is 6.32. The lowest BCUT2D eigenvalue weighted by Gasteiger charge is -2.09. The summed E-state index contributed by atoms with van der Waals surface area (Å²) in [6.45, 7) is 3.93. The van der Waals surface area contributed by atoms with E-state index in [4.69, 9.17) is 34.8 Å². The van der Waals surface area contributed by atoms with E-state index in [0.29, 0.717) is 5.56 Å². The molecule has 0 saturated carbocycles. The third-order valence-corrected chi connectivity index (χ3v) is 3.13. The number of rotatable bonds is 3. The zero-order valence-electron chi connectivity index (χ0n) is 11.2. The third-order valence-electron chi connectivity index (χ3n) is 2.58. The zero-order chi connectivity index (χ0) is 15.6. The quantitative estimate of drug-likeness (QED) is 0.514. The largest absolute Gasteiger partial charge is 0.306 e. The maximum atomic E-state index is 12.2. The van der Waals surface area contributed by atoms with Gasteiger partial charge in [-0.25, -0.2) is 15.0 Å². The van der Waals surface area contributed by atoms with Crippen molar-refractivity contribution in [1.29, 1.82) is 0 Å². The Morgan fingerprint density at radius 2 is 1.71 bits per heavy atom. The third kappa shape index (κ3) is 4.27. The molecule has 1 N–H and O–H groups in total. The summed E-state index contributed by atoms with van der Waals surface area (Å²) in [6.07, 6.45) is 0. The van der Waals surface area contributed by atoms with Crippen LogP contribution in [0.5, 0.6) is 0 Å². The number of pyridine rings is 1. The highest BCUT2D eigenvalue weighted by Crippen LogP contribution is 2.19. The number of halogens is 3. The summed E-state index contributed by atoms with van der Waals surface area (Å²) in [4.78, 5) is 24.0. The number of carbonyl (C=O) groups is 1. The average molecular weight is 346 g/mol. The fourth-order valence-corrected chi connectivity index (χ4v) is 2.21. The molecule has 0 bridgehead atoms. The predicted octanol–water partition coefficient (Wildman–Crippen LogP) is 4.21. The molecular formula is C13H11Cl3N4O. The minimum absolute atomic E-state index is 0.0477. The number of aromatic nitrogens is 3. The summed E-state index contributed by atoms with van der Waals surface area (Å²) in [6, 6.07) is 4.56. The first-order chi connectivity index (χ1) is 9.85. The van der Waals surface area contributed by atoms with Gasteiger partial charge in [-0.15, -0.1) is 0 Å². The van der Waals surface area contributed by atoms with Gasteiger partial charge in [-0.1, -0.05) is 37.0 Å². The molecule has 21 heavy (non-hydrogen) atoms. The molecule has 1 amide bonds. The standard InChI is InChI=1S/C13H11Cl3N4O/c1-6(2)8-3-7(4-9(14)17-8)12(21)19-11-5-10(15)18-13(16)20-11/h3-6H,1-2H3,(H,18,19,20,21). The minimum atomic E-state index is -0.382. The molecule has 2 aromatic rings. The van der Waals surface area contributed by atoms with Gasteiger partial charge in [0, 0.05) is 17.3 Å². The predicted molar refractivity (Wildman–Crippen MR) is 83.3 cm³/mol. The van der Waals surface area contributed by atoms with Crippen molar-refractivity contribution in [3.8, 4) is 0 Å². The van der Waals surface area contributed by atoms with E-state index in [1.165, 1.54) is 12.1 Å². The number of hydrogen-bond acceptors (Lipinski definition) is 4. The van der Waals surface area contributed by atoms with Crippen LogP contribution in [0.3, 0.4) is 0 Å². The van der Waals surface area contributed by atoms with Crippen LogP contribution in [-0.2, 0) is 0 Å². The first kappa shape index (κ1) is 15.9. The molecular weight excluding hydrogens is 335 g/mol. The Hall–Kier alpha value is -1.43. The fourth-order valence-electron chi connectivity index (χ4n) is 1.59. The Kier molecular flexibility index (Phi) is 4.98. The van der Waals surface area contributed by atoms with E-state index in [9.17, 15) is 4.79 Å². The van der Waals surface area contributed by atoms with Crippen LogP contribution in [0, 0.1) is 0 Å². The molecule has 0 saturated heterocycles. The van der Waals surface area contributed by atoms with Gasteiger partial charge in [0.05, 0.1) is 0 Å². The molecule has 0 aliphatic rings. The van der Waals surface area contributed by atoms with E-state index < -0.39 is 0 Å². The molecule has 0 aliphatic carbocycles. The number of nitrogens with one attached hydrogen (secondary N) is 1. The molecule has 110 valence electrons. The van der Waals surface area contributed by atoms with Crippen LogP contribution in [0.15, 0.2) is 18.2 Å². The van der Waals surface area contributed by atoms with Crippen molar-refractivity contribution in [2.45, 2.75) is 19.8 Å². The average Bonchev–Trinajstić information content (AvgIpc) is 2.36. The molecule has 0 atom stereocenters. The van der Waals surface area contributed by atoms with Crippen LogP contribution in [0.4, 0.5) is 5.82 Å². The van der Waals surface area contributed by atoms with E-state index in [2.05, 4.69) is 20.3 Å². The molecule has 2 heterocycles. The number of nitrogens with zero attached hydrogens (tertiary/aromatic N) is 3. The van der Waals surface area contributed by atoms with Gasteiger partial charge in [0.25, 0.3) is 5.91 Å². The second kappa shape index (κ2) is 6.56. The molecule has 0 spiro atoms. The van der Waals surface area contributed by atoms with Gasteiger partial charge in [-0.05, 0) is 29.7 Å². The normalized spacial score (nSPS) is 10.8. The summed E-state index contributed by atoms with van der Waals surface area (Å²) >= 11 is 17.4. The fraction of sp³-hybridized carbons (Fsp3) is 0.231. The Labute approximate surface area is 136 Å². The highest BCUT2D eigenvalue weighted by atomic mass is 35.5. The second-order valence-electron chi connectivity index (χ2n) is 4.56. The van der Waals surface area contributed by atoms with Crippen LogP contribution < -0.4 is 5.32 Å². The van der Waals surface area contributed by atoms with E-state index in [1.807, 2.05) is 13.8 Å². The monoisotopic (exact) mass is 344 g/mol. The molecule has 2 rings (SSSR count). The highest BCUT2D eigenvalue weighted by Gasteiger charge is 2.13. The van der Waals surface area contributed by atoms with Crippen LogP contribution >= 0.6 is 34.8 Å². The van der Waals surface area contributed by atoms with Gasteiger partial charge in [0.2, 0.25) is 5.28 Å². The molecule has 8 heteroatoms. The van der Waals surface area contributed by atoms with Gasteiger partial charge in [-0.2, -0.15) is 0 Å². The molecule has 0 radical (unpaired) electrons. The Morgan fingerprint density at radius 3 is 2.33 bits per heavy atom. The topological polar surface area (TPSA) is 67.8 Å². The van der Waals surface area contributed by atoms with E-state index in [-0.39, 0.29) is 33.2 Å². The van der Waals surface area contributed by atoms with E-state index in [0.717, 1.165) is 5.69 Å². The number of anilines is 1. The Morgan fingerprint density at radius 1 is 1.05 bits per heavy atom. The number of amides is 1. The van der Waals surface area contributed by atoms with Crippen LogP contribution in [0.2, 0.25) is 15.6 Å².